The molecule has 0 fully saturated rings. The van der Waals surface area contributed by atoms with E-state index < -0.39 is 5.91 Å². The van der Waals surface area contributed by atoms with E-state index in [1.807, 2.05) is 47.2 Å². The van der Waals surface area contributed by atoms with Crippen molar-refractivity contribution in [3.63, 3.8) is 0 Å². The van der Waals surface area contributed by atoms with E-state index in [0.717, 1.165) is 16.6 Å². The lowest BCUT2D eigenvalue weighted by Crippen LogP contribution is -2.19. The summed E-state index contributed by atoms with van der Waals surface area (Å²) < 4.78 is 7.12. The Labute approximate surface area is 121 Å². The summed E-state index contributed by atoms with van der Waals surface area (Å²) in [6, 6.07) is 15.2. The lowest BCUT2D eigenvalue weighted by atomic mass is 10.1. The van der Waals surface area contributed by atoms with Crippen LogP contribution in [0.3, 0.4) is 0 Å². The molecular formula is C16H14N2O3. The maximum atomic E-state index is 11.7. The first-order chi connectivity index (χ1) is 10.2. The molecule has 21 heavy (non-hydrogen) atoms. The van der Waals surface area contributed by atoms with Crippen LogP contribution in [0.4, 0.5) is 0 Å². The van der Waals surface area contributed by atoms with Gasteiger partial charge in [-0.15, -0.1) is 0 Å². The van der Waals surface area contributed by atoms with Gasteiger partial charge in [0.1, 0.15) is 5.75 Å². The van der Waals surface area contributed by atoms with Crippen LogP contribution >= 0.6 is 0 Å². The third kappa shape index (κ3) is 2.23. The van der Waals surface area contributed by atoms with Gasteiger partial charge >= 0.3 is 0 Å². The number of ether oxygens (including phenoxy) is 1. The van der Waals surface area contributed by atoms with Gasteiger partial charge in [-0.1, -0.05) is 18.2 Å². The molecule has 0 radical (unpaired) electrons. The minimum atomic E-state index is -0.606. The van der Waals surface area contributed by atoms with Crippen LogP contribution in [0.1, 0.15) is 10.4 Å². The largest absolute Gasteiger partial charge is 0.496 e. The van der Waals surface area contributed by atoms with Gasteiger partial charge in [-0.2, -0.15) is 0 Å². The number of nitrogens with one attached hydrogen (secondary N) is 1. The molecule has 3 rings (SSSR count). The molecule has 1 heterocycles. The van der Waals surface area contributed by atoms with Gasteiger partial charge in [-0.3, -0.25) is 10.0 Å². The van der Waals surface area contributed by atoms with Crippen molar-refractivity contribution in [3.05, 3.63) is 60.3 Å². The fourth-order valence-electron chi connectivity index (χ4n) is 2.39. The molecule has 0 spiro atoms. The summed E-state index contributed by atoms with van der Waals surface area (Å²) in [4.78, 5) is 11.7. The topological polar surface area (TPSA) is 63.5 Å². The Morgan fingerprint density at radius 2 is 2.00 bits per heavy atom. The number of rotatable bonds is 3. The van der Waals surface area contributed by atoms with Crippen molar-refractivity contribution in [2.75, 3.05) is 7.11 Å². The SMILES string of the molecule is COc1ccc(-n2ccc3ccccc32)cc1C(=O)NO. The van der Waals surface area contributed by atoms with Crippen molar-refractivity contribution in [1.29, 1.82) is 0 Å². The van der Waals surface area contributed by atoms with Gasteiger partial charge in [0.25, 0.3) is 5.91 Å². The summed E-state index contributed by atoms with van der Waals surface area (Å²) in [5.41, 5.74) is 3.77. The van der Waals surface area contributed by atoms with Crippen LogP contribution in [0.25, 0.3) is 16.6 Å². The molecule has 106 valence electrons. The number of aromatic nitrogens is 1. The summed E-state index contributed by atoms with van der Waals surface area (Å²) in [6.07, 6.45) is 1.94. The quantitative estimate of drug-likeness (QED) is 0.573. The highest BCUT2D eigenvalue weighted by atomic mass is 16.5. The summed E-state index contributed by atoms with van der Waals surface area (Å²) in [5, 5.41) is 9.95. The van der Waals surface area contributed by atoms with E-state index in [1.165, 1.54) is 7.11 Å². The molecule has 2 N–H and O–H groups in total. The van der Waals surface area contributed by atoms with Crippen LogP contribution in [-0.4, -0.2) is 22.8 Å². The van der Waals surface area contributed by atoms with Gasteiger partial charge in [0.05, 0.1) is 18.2 Å². The van der Waals surface area contributed by atoms with Gasteiger partial charge in [0.15, 0.2) is 0 Å². The highest BCUT2D eigenvalue weighted by Crippen LogP contribution is 2.25. The molecule has 0 saturated carbocycles. The van der Waals surface area contributed by atoms with Crippen LogP contribution in [0, 0.1) is 0 Å². The number of carbonyl (C=O) groups is 1. The van der Waals surface area contributed by atoms with E-state index in [9.17, 15) is 4.79 Å². The first-order valence-electron chi connectivity index (χ1n) is 6.43. The van der Waals surface area contributed by atoms with E-state index in [-0.39, 0.29) is 5.56 Å². The summed E-state index contributed by atoms with van der Waals surface area (Å²) in [7, 11) is 1.48. The third-order valence-corrected chi connectivity index (χ3v) is 3.41. The van der Waals surface area contributed by atoms with Crippen molar-refractivity contribution in [2.24, 2.45) is 0 Å². The zero-order chi connectivity index (χ0) is 14.8. The van der Waals surface area contributed by atoms with E-state index >= 15 is 0 Å². The fraction of sp³-hybridized carbons (Fsp3) is 0.0625. The normalized spacial score (nSPS) is 10.6. The molecule has 0 aliphatic heterocycles. The van der Waals surface area contributed by atoms with Crippen LogP contribution in [0.2, 0.25) is 0 Å². The molecule has 0 aliphatic carbocycles. The highest BCUT2D eigenvalue weighted by molar-refractivity contribution is 5.97. The molecule has 0 atom stereocenters. The van der Waals surface area contributed by atoms with E-state index in [0.29, 0.717) is 5.75 Å². The molecule has 0 bridgehead atoms. The molecule has 1 aromatic heterocycles. The number of hydroxylamine groups is 1. The van der Waals surface area contributed by atoms with Crippen molar-refractivity contribution < 1.29 is 14.7 Å². The summed E-state index contributed by atoms with van der Waals surface area (Å²) in [5.74, 6) is -0.202. The Balaban J connectivity index is 2.17. The molecule has 5 nitrogen and oxygen atoms in total. The van der Waals surface area contributed by atoms with Crippen LogP contribution < -0.4 is 10.2 Å². The molecule has 0 aliphatic rings. The zero-order valence-corrected chi connectivity index (χ0v) is 11.4. The number of nitrogens with zero attached hydrogens (tertiary/aromatic N) is 1. The fourth-order valence-corrected chi connectivity index (χ4v) is 2.39. The average molecular weight is 282 g/mol. The zero-order valence-electron chi connectivity index (χ0n) is 11.4. The second kappa shape index (κ2) is 5.30. The third-order valence-electron chi connectivity index (χ3n) is 3.41. The number of hydrogen-bond acceptors (Lipinski definition) is 3. The Morgan fingerprint density at radius 3 is 2.76 bits per heavy atom. The maximum absolute atomic E-state index is 11.7. The Kier molecular flexibility index (Phi) is 3.33. The highest BCUT2D eigenvalue weighted by Gasteiger charge is 2.13. The number of amides is 1. The number of methoxy groups -OCH3 is 1. The van der Waals surface area contributed by atoms with Gasteiger partial charge in [0, 0.05) is 11.9 Å². The van der Waals surface area contributed by atoms with Crippen LogP contribution in [0.15, 0.2) is 54.7 Å². The Bertz CT molecular complexity index is 808. The van der Waals surface area contributed by atoms with E-state index in [1.54, 1.807) is 17.6 Å². The van der Waals surface area contributed by atoms with Crippen LogP contribution in [-0.2, 0) is 0 Å². The number of fused-ring (bicyclic) bond motifs is 1. The molecule has 1 amide bonds. The van der Waals surface area contributed by atoms with Gasteiger partial charge in [-0.25, -0.2) is 5.48 Å². The smallest absolute Gasteiger partial charge is 0.278 e. The predicted molar refractivity (Wildman–Crippen MR) is 79.1 cm³/mol. The van der Waals surface area contributed by atoms with E-state index in [2.05, 4.69) is 0 Å². The average Bonchev–Trinajstić information content (AvgIpc) is 2.97. The predicted octanol–water partition coefficient (Wildman–Crippen LogP) is 2.76. The van der Waals surface area contributed by atoms with Crippen molar-refractivity contribution in [1.82, 2.24) is 10.0 Å². The molecule has 2 aromatic carbocycles. The Morgan fingerprint density at radius 1 is 1.19 bits per heavy atom. The minimum Gasteiger partial charge on any atom is -0.496 e. The number of para-hydroxylation sites is 1. The van der Waals surface area contributed by atoms with Crippen molar-refractivity contribution >= 4 is 16.8 Å². The first-order valence-corrected chi connectivity index (χ1v) is 6.43. The van der Waals surface area contributed by atoms with E-state index in [4.69, 9.17) is 9.94 Å². The monoisotopic (exact) mass is 282 g/mol. The number of benzene rings is 2. The maximum Gasteiger partial charge on any atom is 0.278 e. The molecule has 0 unspecified atom stereocenters. The summed E-state index contributed by atoms with van der Waals surface area (Å²) >= 11 is 0. The lowest BCUT2D eigenvalue weighted by Gasteiger charge is -2.11. The molecule has 0 saturated heterocycles. The lowest BCUT2D eigenvalue weighted by molar-refractivity contribution is 0.0703. The van der Waals surface area contributed by atoms with Gasteiger partial charge < -0.3 is 9.30 Å². The number of carbonyl (C=O) groups excluding carboxylic acids is 1. The molecule has 5 heteroatoms. The Hall–Kier alpha value is -2.79. The number of hydrogen-bond donors (Lipinski definition) is 2. The van der Waals surface area contributed by atoms with Gasteiger partial charge in [0.2, 0.25) is 0 Å². The molecule has 3 aromatic rings. The first kappa shape index (κ1) is 13.2. The second-order valence-electron chi connectivity index (χ2n) is 4.57. The van der Waals surface area contributed by atoms with Crippen molar-refractivity contribution in [3.8, 4) is 11.4 Å². The minimum absolute atomic E-state index is 0.273. The van der Waals surface area contributed by atoms with Gasteiger partial charge in [-0.05, 0) is 35.7 Å². The molecular weight excluding hydrogens is 268 g/mol. The van der Waals surface area contributed by atoms with Crippen LogP contribution in [0.5, 0.6) is 5.75 Å². The second-order valence-corrected chi connectivity index (χ2v) is 4.57. The standard InChI is InChI=1S/C16H14N2O3/c1-21-15-7-6-12(10-13(15)16(19)17-20)18-9-8-11-4-2-3-5-14(11)18/h2-10,20H,1H3,(H,17,19). The van der Waals surface area contributed by atoms with Crippen molar-refractivity contribution in [2.45, 2.75) is 0 Å². The summed E-state index contributed by atoms with van der Waals surface area (Å²) in [6.45, 7) is 0.